The molecule has 1 aliphatic rings. The van der Waals surface area contributed by atoms with Crippen LogP contribution in [0, 0.1) is 5.82 Å². The number of hydrogen-bond donors (Lipinski definition) is 3. The number of fused-ring (bicyclic) bond motifs is 1. The van der Waals surface area contributed by atoms with E-state index in [4.69, 9.17) is 0 Å². The van der Waals surface area contributed by atoms with Gasteiger partial charge in [0.2, 0.25) is 0 Å². The number of urea groups is 1. The van der Waals surface area contributed by atoms with Gasteiger partial charge in [0.1, 0.15) is 11.4 Å². The third-order valence-corrected chi connectivity index (χ3v) is 4.41. The van der Waals surface area contributed by atoms with Gasteiger partial charge in [0, 0.05) is 18.8 Å². The average Bonchev–Trinajstić information content (AvgIpc) is 3.12. The van der Waals surface area contributed by atoms with Crippen LogP contribution in [-0.4, -0.2) is 27.5 Å². The molecule has 2 atom stereocenters. The van der Waals surface area contributed by atoms with E-state index in [9.17, 15) is 14.3 Å². The molecule has 1 aromatic carbocycles. The third kappa shape index (κ3) is 3.41. The maximum absolute atomic E-state index is 13.2. The van der Waals surface area contributed by atoms with Crippen LogP contribution < -0.4 is 10.6 Å². The number of amides is 2. The molecule has 0 radical (unpaired) electrons. The van der Waals surface area contributed by atoms with Gasteiger partial charge in [0.15, 0.2) is 0 Å². The number of hydrogen-bond acceptors (Lipinski definition) is 3. The van der Waals surface area contributed by atoms with Crippen molar-refractivity contribution in [2.24, 2.45) is 7.05 Å². The summed E-state index contributed by atoms with van der Waals surface area (Å²) in [5.41, 5.74) is 1.31. The van der Waals surface area contributed by atoms with Gasteiger partial charge in [-0.3, -0.25) is 4.68 Å². The van der Waals surface area contributed by atoms with Crippen LogP contribution in [0.1, 0.15) is 36.1 Å². The molecule has 0 bridgehead atoms. The van der Waals surface area contributed by atoms with Crippen molar-refractivity contribution in [1.29, 1.82) is 0 Å². The van der Waals surface area contributed by atoms with Gasteiger partial charge in [-0.25, -0.2) is 9.18 Å². The van der Waals surface area contributed by atoms with Crippen LogP contribution in [-0.2, 0) is 19.1 Å². The van der Waals surface area contributed by atoms with E-state index in [0.717, 1.165) is 24.0 Å². The molecule has 0 spiro atoms. The molecule has 7 heteroatoms. The minimum Gasteiger partial charge on any atom is -0.383 e. The van der Waals surface area contributed by atoms with Gasteiger partial charge in [-0.2, -0.15) is 5.10 Å². The Morgan fingerprint density at radius 3 is 3.04 bits per heavy atom. The van der Waals surface area contributed by atoms with E-state index in [2.05, 4.69) is 15.7 Å². The molecular weight excluding hydrogens is 311 g/mol. The predicted octanol–water partition coefficient (Wildman–Crippen LogP) is 1.75. The molecule has 128 valence electrons. The first-order valence-corrected chi connectivity index (χ1v) is 7.89. The third-order valence-electron chi connectivity index (χ3n) is 4.41. The number of benzene rings is 1. The number of aliphatic hydroxyl groups is 1. The Hall–Kier alpha value is -2.41. The molecule has 0 aliphatic heterocycles. The molecule has 0 saturated carbocycles. The minimum atomic E-state index is -1.21. The van der Waals surface area contributed by atoms with E-state index in [-0.39, 0.29) is 24.4 Å². The number of nitrogens with zero attached hydrogens (tertiary/aromatic N) is 2. The first-order valence-electron chi connectivity index (χ1n) is 7.89. The summed E-state index contributed by atoms with van der Waals surface area (Å²) in [6, 6.07) is 4.14. The second-order valence-electron chi connectivity index (χ2n) is 6.44. The molecule has 2 amide bonds. The second kappa shape index (κ2) is 6.24. The zero-order valence-electron chi connectivity index (χ0n) is 13.7. The van der Waals surface area contributed by atoms with Crippen LogP contribution in [0.5, 0.6) is 0 Å². The number of rotatable bonds is 4. The zero-order chi connectivity index (χ0) is 17.3. The minimum absolute atomic E-state index is 0.0630. The van der Waals surface area contributed by atoms with Crippen molar-refractivity contribution in [3.63, 3.8) is 0 Å². The number of aryl methyl sites for hydroxylation is 2. The smallest absolute Gasteiger partial charge is 0.315 e. The molecule has 2 unspecified atom stereocenters. The van der Waals surface area contributed by atoms with Crippen molar-refractivity contribution in [2.75, 3.05) is 6.54 Å². The highest BCUT2D eigenvalue weighted by Gasteiger charge is 2.27. The lowest BCUT2D eigenvalue weighted by Gasteiger charge is -2.23. The lowest BCUT2D eigenvalue weighted by molar-refractivity contribution is 0.0592. The van der Waals surface area contributed by atoms with Crippen LogP contribution in [0.2, 0.25) is 0 Å². The monoisotopic (exact) mass is 332 g/mol. The lowest BCUT2D eigenvalue weighted by Crippen LogP contribution is -2.44. The van der Waals surface area contributed by atoms with Gasteiger partial charge < -0.3 is 15.7 Å². The van der Waals surface area contributed by atoms with Crippen molar-refractivity contribution in [2.45, 2.75) is 31.4 Å². The van der Waals surface area contributed by atoms with Gasteiger partial charge in [-0.05, 0) is 43.0 Å². The largest absolute Gasteiger partial charge is 0.383 e. The quantitative estimate of drug-likeness (QED) is 0.798. The highest BCUT2D eigenvalue weighted by Crippen LogP contribution is 2.31. The standard InChI is InChI=1S/C17H21FN4O2/c1-17(24,12-8-20-22(2)9-12)10-19-16(23)21-15-6-3-11-7-13(18)4-5-14(11)15/h4-5,7-9,15,24H,3,6,10H2,1-2H3,(H2,19,21,23). The molecule has 3 rings (SSSR count). The van der Waals surface area contributed by atoms with Crippen molar-refractivity contribution in [3.8, 4) is 0 Å². The molecule has 6 nitrogen and oxygen atoms in total. The molecule has 3 N–H and O–H groups in total. The fourth-order valence-electron chi connectivity index (χ4n) is 3.00. The van der Waals surface area contributed by atoms with E-state index in [1.165, 1.54) is 12.1 Å². The first-order chi connectivity index (χ1) is 11.3. The van der Waals surface area contributed by atoms with Gasteiger partial charge in [0.25, 0.3) is 0 Å². The lowest BCUT2D eigenvalue weighted by atomic mass is 10.00. The number of carbonyl (C=O) groups is 1. The Morgan fingerprint density at radius 2 is 2.33 bits per heavy atom. The summed E-state index contributed by atoms with van der Waals surface area (Å²) < 4.78 is 14.8. The fourth-order valence-corrected chi connectivity index (χ4v) is 3.00. The normalized spacial score (nSPS) is 18.8. The van der Waals surface area contributed by atoms with Gasteiger partial charge in [0.05, 0.1) is 18.8 Å². The molecule has 1 heterocycles. The van der Waals surface area contributed by atoms with Gasteiger partial charge >= 0.3 is 6.03 Å². The summed E-state index contributed by atoms with van der Waals surface area (Å²) in [5, 5.41) is 20.1. The Bertz CT molecular complexity index is 757. The fraction of sp³-hybridized carbons (Fsp3) is 0.412. The first kappa shape index (κ1) is 16.4. The van der Waals surface area contributed by atoms with E-state index in [0.29, 0.717) is 5.56 Å². The molecule has 0 fully saturated rings. The zero-order valence-corrected chi connectivity index (χ0v) is 13.7. The topological polar surface area (TPSA) is 79.2 Å². The number of nitrogens with one attached hydrogen (secondary N) is 2. The van der Waals surface area contributed by atoms with Gasteiger partial charge in [-0.1, -0.05) is 6.07 Å². The van der Waals surface area contributed by atoms with Crippen molar-refractivity contribution >= 4 is 6.03 Å². The van der Waals surface area contributed by atoms with Crippen molar-refractivity contribution < 1.29 is 14.3 Å². The molecule has 1 aliphatic carbocycles. The number of halogens is 1. The highest BCUT2D eigenvalue weighted by atomic mass is 19.1. The summed E-state index contributed by atoms with van der Waals surface area (Å²) in [7, 11) is 1.76. The molecule has 1 aromatic heterocycles. The van der Waals surface area contributed by atoms with E-state index in [1.807, 2.05) is 0 Å². The maximum Gasteiger partial charge on any atom is 0.315 e. The van der Waals surface area contributed by atoms with Crippen LogP contribution in [0.15, 0.2) is 30.6 Å². The van der Waals surface area contributed by atoms with Crippen LogP contribution >= 0.6 is 0 Å². The summed E-state index contributed by atoms with van der Waals surface area (Å²) in [6.07, 6.45) is 4.76. The highest BCUT2D eigenvalue weighted by molar-refractivity contribution is 5.74. The van der Waals surface area contributed by atoms with Gasteiger partial charge in [-0.15, -0.1) is 0 Å². The Morgan fingerprint density at radius 1 is 1.54 bits per heavy atom. The Kier molecular flexibility index (Phi) is 4.28. The van der Waals surface area contributed by atoms with Crippen LogP contribution in [0.3, 0.4) is 0 Å². The van der Waals surface area contributed by atoms with Crippen LogP contribution in [0.25, 0.3) is 0 Å². The average molecular weight is 332 g/mol. The van der Waals surface area contributed by atoms with E-state index >= 15 is 0 Å². The Labute approximate surface area is 139 Å². The molecule has 0 saturated heterocycles. The summed E-state index contributed by atoms with van der Waals surface area (Å²) in [5.74, 6) is -0.258. The maximum atomic E-state index is 13.2. The number of aromatic nitrogens is 2. The molecule has 24 heavy (non-hydrogen) atoms. The summed E-state index contributed by atoms with van der Waals surface area (Å²) in [6.45, 7) is 1.69. The van der Waals surface area contributed by atoms with E-state index < -0.39 is 5.60 Å². The number of carbonyl (C=O) groups excluding carboxylic acids is 1. The molecule has 2 aromatic rings. The van der Waals surface area contributed by atoms with Crippen molar-refractivity contribution in [1.82, 2.24) is 20.4 Å². The van der Waals surface area contributed by atoms with Crippen LogP contribution in [0.4, 0.5) is 9.18 Å². The molecular formula is C17H21FN4O2. The second-order valence-corrected chi connectivity index (χ2v) is 6.44. The Balaban J connectivity index is 1.57. The SMILES string of the molecule is Cn1cc(C(C)(O)CNC(=O)NC2CCc3cc(F)ccc32)cn1. The van der Waals surface area contributed by atoms with E-state index in [1.54, 1.807) is 37.1 Å². The summed E-state index contributed by atoms with van der Waals surface area (Å²) >= 11 is 0. The summed E-state index contributed by atoms with van der Waals surface area (Å²) in [4.78, 5) is 12.1. The van der Waals surface area contributed by atoms with Crippen molar-refractivity contribution in [3.05, 3.63) is 53.1 Å². The predicted molar refractivity (Wildman–Crippen MR) is 86.8 cm³/mol.